The Labute approximate surface area is 52.0 Å². The Morgan fingerprint density at radius 1 is 1.14 bits per heavy atom. The van der Waals surface area contributed by atoms with E-state index in [1.807, 2.05) is 0 Å². The summed E-state index contributed by atoms with van der Waals surface area (Å²) in [6, 6.07) is 0. The molecule has 0 radical (unpaired) electrons. The number of hydrogen-bond donors (Lipinski definition) is 3. The van der Waals surface area contributed by atoms with Crippen molar-refractivity contribution in [3.63, 3.8) is 0 Å². The molecule has 0 aromatic heterocycles. The first-order valence-corrected chi connectivity index (χ1v) is 2.10. The fourth-order valence-corrected chi connectivity index (χ4v) is 0. The van der Waals surface area contributed by atoms with Crippen molar-refractivity contribution < 1.29 is 34.9 Å². The second-order valence-corrected chi connectivity index (χ2v) is 1.34. The van der Waals surface area contributed by atoms with Gasteiger partial charge < -0.3 is 6.15 Å². The predicted molar refractivity (Wildman–Crippen MR) is 19.2 cm³/mol. The van der Waals surface area contributed by atoms with Gasteiger partial charge in [0.15, 0.2) is 0 Å². The van der Waals surface area contributed by atoms with Gasteiger partial charge in [0.25, 0.3) is 0 Å². The Morgan fingerprint density at radius 3 is 1.14 bits per heavy atom. The molecular weight excluding hydrogens is 162 g/mol. The van der Waals surface area contributed by atoms with Crippen molar-refractivity contribution in [1.29, 1.82) is 0 Å². The van der Waals surface area contributed by atoms with Crippen LogP contribution in [-0.4, -0.2) is 17.5 Å². The normalized spacial score (nSPS) is 8.29. The summed E-state index contributed by atoms with van der Waals surface area (Å²) in [5, 5.41) is 0. The van der Waals surface area contributed by atoms with Crippen LogP contribution >= 0.6 is 0 Å². The summed E-state index contributed by atoms with van der Waals surface area (Å²) in [5.41, 5.74) is 0. The number of rotatable bonds is 0. The Morgan fingerprint density at radius 2 is 1.14 bits per heavy atom. The molecule has 0 rings (SSSR count). The molecule has 0 heterocycles. The smallest absolute Gasteiger partial charge is 0.344 e. The molecule has 0 unspecified atom stereocenters. The maximum absolute atomic E-state index is 8.74. The van der Waals surface area contributed by atoms with E-state index in [-0.39, 0.29) is 23.5 Å². The van der Waals surface area contributed by atoms with Gasteiger partial charge in [-0.2, -0.15) is 8.42 Å². The summed E-state index contributed by atoms with van der Waals surface area (Å²) in [5.74, 6) is 0. The van der Waals surface area contributed by atoms with Gasteiger partial charge in [0.2, 0.25) is 0 Å². The maximum atomic E-state index is 8.74. The molecule has 0 amide bonds. The molecule has 46 valence electrons. The van der Waals surface area contributed by atoms with Crippen molar-refractivity contribution in [3.8, 4) is 0 Å². The van der Waals surface area contributed by atoms with Crippen molar-refractivity contribution in [2.75, 3.05) is 0 Å². The third-order valence-electron chi connectivity index (χ3n) is 0. The SMILES string of the molecule is N.O=S(=O)(O)O.[Cr]. The Kier molecular flexibility index (Phi) is 10.1. The summed E-state index contributed by atoms with van der Waals surface area (Å²) < 4.78 is 31.6. The fourth-order valence-electron chi connectivity index (χ4n) is 0. The van der Waals surface area contributed by atoms with E-state index in [4.69, 9.17) is 17.5 Å². The van der Waals surface area contributed by atoms with Gasteiger partial charge in [0.1, 0.15) is 0 Å². The molecule has 0 saturated carbocycles. The molecule has 0 aromatic rings. The van der Waals surface area contributed by atoms with Crippen LogP contribution in [0.2, 0.25) is 0 Å². The zero-order valence-electron chi connectivity index (χ0n) is 3.23. The standard InChI is InChI=1S/Cr.H3N.H2O4S/c;;1-5(2,3)4/h;1H3;(H2,1,2,3,4). The van der Waals surface area contributed by atoms with Gasteiger partial charge in [-0.1, -0.05) is 0 Å². The first kappa shape index (κ1) is 15.7. The average Bonchev–Trinajstić information content (AvgIpc) is 0.722. The molecule has 7 heteroatoms. The Bertz CT molecular complexity index is 94.9. The summed E-state index contributed by atoms with van der Waals surface area (Å²) in [6.45, 7) is 0. The summed E-state index contributed by atoms with van der Waals surface area (Å²) in [7, 11) is -4.67. The summed E-state index contributed by atoms with van der Waals surface area (Å²) in [4.78, 5) is 0. The fraction of sp³-hybridized carbons (Fsp3) is 0. The third kappa shape index (κ3) is 922. The van der Waals surface area contributed by atoms with Crippen LogP contribution in [0, 0.1) is 0 Å². The quantitative estimate of drug-likeness (QED) is 0.421. The van der Waals surface area contributed by atoms with Crippen LogP contribution in [0.4, 0.5) is 0 Å². The molecule has 0 spiro atoms. The average molecular weight is 167 g/mol. The first-order chi connectivity index (χ1) is 2.00. The van der Waals surface area contributed by atoms with E-state index in [0.29, 0.717) is 0 Å². The molecule has 0 aromatic carbocycles. The predicted octanol–water partition coefficient (Wildman–Crippen LogP) is -0.493. The second kappa shape index (κ2) is 4.52. The van der Waals surface area contributed by atoms with Gasteiger partial charge in [-0.3, -0.25) is 9.11 Å². The van der Waals surface area contributed by atoms with Gasteiger partial charge >= 0.3 is 10.4 Å². The van der Waals surface area contributed by atoms with Crippen LogP contribution in [0.3, 0.4) is 0 Å². The van der Waals surface area contributed by atoms with Gasteiger partial charge in [0.05, 0.1) is 0 Å². The van der Waals surface area contributed by atoms with E-state index in [2.05, 4.69) is 0 Å². The second-order valence-electron chi connectivity index (χ2n) is 0.448. The van der Waals surface area contributed by atoms with Crippen LogP contribution in [0.1, 0.15) is 0 Å². The topological polar surface area (TPSA) is 110 Å². The summed E-state index contributed by atoms with van der Waals surface area (Å²) in [6.07, 6.45) is 0. The van der Waals surface area contributed by atoms with Gasteiger partial charge in [0, 0.05) is 17.4 Å². The van der Waals surface area contributed by atoms with Crippen molar-refractivity contribution >= 4 is 10.4 Å². The van der Waals surface area contributed by atoms with E-state index in [9.17, 15) is 0 Å². The number of hydrogen-bond acceptors (Lipinski definition) is 3. The third-order valence-corrected chi connectivity index (χ3v) is 0. The zero-order chi connectivity index (χ0) is 4.50. The monoisotopic (exact) mass is 167 g/mol. The van der Waals surface area contributed by atoms with Crippen molar-refractivity contribution in [3.05, 3.63) is 0 Å². The minimum absolute atomic E-state index is 0. The van der Waals surface area contributed by atoms with Crippen LogP contribution in [0.25, 0.3) is 0 Å². The summed E-state index contributed by atoms with van der Waals surface area (Å²) >= 11 is 0. The van der Waals surface area contributed by atoms with E-state index in [0.717, 1.165) is 0 Å². The van der Waals surface area contributed by atoms with Crippen LogP contribution < -0.4 is 6.15 Å². The van der Waals surface area contributed by atoms with Crippen molar-refractivity contribution in [2.45, 2.75) is 0 Å². The van der Waals surface area contributed by atoms with Crippen LogP contribution in [-0.2, 0) is 27.8 Å². The minimum Gasteiger partial charge on any atom is -0.344 e. The van der Waals surface area contributed by atoms with E-state index >= 15 is 0 Å². The molecule has 5 N–H and O–H groups in total. The molecule has 0 aliphatic carbocycles. The van der Waals surface area contributed by atoms with Gasteiger partial charge in [-0.05, 0) is 0 Å². The van der Waals surface area contributed by atoms with Gasteiger partial charge in [-0.15, -0.1) is 0 Å². The molecule has 0 bridgehead atoms. The van der Waals surface area contributed by atoms with E-state index < -0.39 is 10.4 Å². The first-order valence-electron chi connectivity index (χ1n) is 0.698. The van der Waals surface area contributed by atoms with E-state index in [1.54, 1.807) is 0 Å². The molecular formula is H5CrNO4S. The molecule has 5 nitrogen and oxygen atoms in total. The largest absolute Gasteiger partial charge is 0.394 e. The van der Waals surface area contributed by atoms with E-state index in [1.165, 1.54) is 0 Å². The molecule has 0 atom stereocenters. The molecule has 0 aliphatic rings. The molecule has 0 fully saturated rings. The van der Waals surface area contributed by atoms with Crippen molar-refractivity contribution in [2.24, 2.45) is 0 Å². The molecule has 0 aliphatic heterocycles. The molecule has 0 saturated heterocycles. The van der Waals surface area contributed by atoms with Crippen LogP contribution in [0.5, 0.6) is 0 Å². The zero-order valence-corrected chi connectivity index (χ0v) is 5.33. The van der Waals surface area contributed by atoms with Crippen LogP contribution in [0.15, 0.2) is 0 Å². The Hall–Kier alpha value is 0.362. The van der Waals surface area contributed by atoms with Crippen molar-refractivity contribution in [1.82, 2.24) is 6.15 Å². The van der Waals surface area contributed by atoms with Gasteiger partial charge in [-0.25, -0.2) is 0 Å². The Balaban J connectivity index is -0.0000000800. The maximum Gasteiger partial charge on any atom is 0.394 e. The molecule has 7 heavy (non-hydrogen) atoms. The minimum atomic E-state index is -4.67.